The van der Waals surface area contributed by atoms with Gasteiger partial charge in [-0.15, -0.1) is 0 Å². The molecule has 28 heavy (non-hydrogen) atoms. The number of piperidine rings is 1. The molecule has 3 heteroatoms. The largest absolute Gasteiger partial charge is 0.317 e. The van der Waals surface area contributed by atoms with Crippen molar-refractivity contribution in [3.63, 3.8) is 0 Å². The minimum absolute atomic E-state index is 0.0494. The summed E-state index contributed by atoms with van der Waals surface area (Å²) >= 11 is 0. The lowest BCUT2D eigenvalue weighted by molar-refractivity contribution is -0.163. The van der Waals surface area contributed by atoms with Crippen molar-refractivity contribution >= 4 is 5.78 Å². The second-order valence-electron chi connectivity index (χ2n) is 10.7. The summed E-state index contributed by atoms with van der Waals surface area (Å²) in [6.07, 6.45) is 10.1. The second kappa shape index (κ2) is 6.93. The van der Waals surface area contributed by atoms with Gasteiger partial charge >= 0.3 is 0 Å². The summed E-state index contributed by atoms with van der Waals surface area (Å²) < 4.78 is 13.6. The molecule has 2 nitrogen and oxygen atoms in total. The molecule has 5 aliphatic rings. The topological polar surface area (TPSA) is 29.1 Å². The number of alkyl halides is 1. The van der Waals surface area contributed by atoms with Gasteiger partial charge in [0, 0.05) is 11.8 Å². The van der Waals surface area contributed by atoms with Crippen molar-refractivity contribution in [2.75, 3.05) is 19.8 Å². The molecule has 1 heterocycles. The number of hydrogen-bond acceptors (Lipinski definition) is 2. The standard InChI is InChI=1S/C25H34FNO/c26-9-8-23-13-20-14-24(16-23,21-4-2-1-3-5-21)18-25(15-20,17-23)22(28)12-19-6-10-27-11-7-19/h1-5,19-20,27H,6-18H2/t20?,23-,24-,25?/m1/s1. The number of Topliss-reactive ketones (excluding diaryl/α,β-unsaturated/α-hetero) is 1. The number of halogens is 1. The van der Waals surface area contributed by atoms with Crippen molar-refractivity contribution in [1.82, 2.24) is 5.32 Å². The lowest BCUT2D eigenvalue weighted by Crippen LogP contribution is -2.61. The molecule has 2 unspecified atom stereocenters. The molecule has 0 aromatic heterocycles. The molecule has 152 valence electrons. The van der Waals surface area contributed by atoms with Gasteiger partial charge in [0.25, 0.3) is 0 Å². The summed E-state index contributed by atoms with van der Waals surface area (Å²) in [6, 6.07) is 10.9. The highest BCUT2D eigenvalue weighted by atomic mass is 19.1. The molecule has 1 aliphatic heterocycles. The summed E-state index contributed by atoms with van der Waals surface area (Å²) in [5.41, 5.74) is 1.37. The molecule has 1 aromatic rings. The van der Waals surface area contributed by atoms with E-state index in [0.29, 0.717) is 24.0 Å². The maximum Gasteiger partial charge on any atom is 0.139 e. The smallest absolute Gasteiger partial charge is 0.139 e. The molecule has 4 saturated carbocycles. The highest BCUT2D eigenvalue weighted by Gasteiger charge is 2.65. The second-order valence-corrected chi connectivity index (χ2v) is 10.7. The zero-order valence-electron chi connectivity index (χ0n) is 17.0. The van der Waals surface area contributed by atoms with Gasteiger partial charge < -0.3 is 5.32 Å². The SMILES string of the molecule is O=C(CC1CCNCC1)C12CC3C[C@@](CCF)(C1)C[C@](c1ccccc1)(C3)C2. The van der Waals surface area contributed by atoms with E-state index in [0.717, 1.165) is 64.5 Å². The van der Waals surface area contributed by atoms with Gasteiger partial charge in [0.1, 0.15) is 5.78 Å². The van der Waals surface area contributed by atoms with Crippen LogP contribution in [0.25, 0.3) is 0 Å². The Bertz CT molecular complexity index is 729. The predicted octanol–water partition coefficient (Wildman–Crippen LogP) is 5.21. The first-order valence-corrected chi connectivity index (χ1v) is 11.4. The molecule has 0 spiro atoms. The molecule has 1 aromatic carbocycles. The van der Waals surface area contributed by atoms with E-state index >= 15 is 0 Å². The highest BCUT2D eigenvalue weighted by molar-refractivity contribution is 5.86. The molecule has 0 radical (unpaired) electrons. The van der Waals surface area contributed by atoms with Crippen LogP contribution in [0.4, 0.5) is 4.39 Å². The van der Waals surface area contributed by atoms with E-state index in [2.05, 4.69) is 35.6 Å². The zero-order valence-corrected chi connectivity index (χ0v) is 17.0. The predicted molar refractivity (Wildman–Crippen MR) is 110 cm³/mol. The van der Waals surface area contributed by atoms with E-state index < -0.39 is 0 Å². The van der Waals surface area contributed by atoms with Gasteiger partial charge in [-0.3, -0.25) is 9.18 Å². The van der Waals surface area contributed by atoms with E-state index in [-0.39, 0.29) is 22.9 Å². The Kier molecular flexibility index (Phi) is 4.65. The van der Waals surface area contributed by atoms with Gasteiger partial charge in [-0.05, 0) is 99.1 Å². The van der Waals surface area contributed by atoms with Crippen LogP contribution < -0.4 is 5.32 Å². The van der Waals surface area contributed by atoms with Crippen LogP contribution in [0, 0.1) is 22.7 Å². The monoisotopic (exact) mass is 383 g/mol. The molecule has 6 rings (SSSR count). The molecule has 1 N–H and O–H groups in total. The van der Waals surface area contributed by atoms with Gasteiger partial charge in [-0.1, -0.05) is 30.3 Å². The van der Waals surface area contributed by atoms with Crippen LogP contribution in [-0.2, 0) is 10.2 Å². The van der Waals surface area contributed by atoms with Gasteiger partial charge in [0.2, 0.25) is 0 Å². The van der Waals surface area contributed by atoms with Crippen molar-refractivity contribution in [1.29, 1.82) is 0 Å². The van der Waals surface area contributed by atoms with E-state index in [1.54, 1.807) is 0 Å². The highest BCUT2D eigenvalue weighted by Crippen LogP contribution is 2.71. The van der Waals surface area contributed by atoms with Gasteiger partial charge in [0.05, 0.1) is 6.67 Å². The summed E-state index contributed by atoms with van der Waals surface area (Å²) in [7, 11) is 0. The third-order valence-corrected chi connectivity index (χ3v) is 8.72. The first kappa shape index (κ1) is 18.8. The minimum Gasteiger partial charge on any atom is -0.317 e. The Hall–Kier alpha value is -1.22. The molecule has 4 aliphatic carbocycles. The number of nitrogens with one attached hydrogen (secondary N) is 1. The molecule has 4 bridgehead atoms. The van der Waals surface area contributed by atoms with E-state index in [9.17, 15) is 9.18 Å². The van der Waals surface area contributed by atoms with Crippen LogP contribution in [0.2, 0.25) is 0 Å². The van der Waals surface area contributed by atoms with Crippen LogP contribution in [0.3, 0.4) is 0 Å². The number of carbonyl (C=O) groups is 1. The number of ketones is 1. The molecule has 4 atom stereocenters. The molecule has 5 fully saturated rings. The fourth-order valence-corrected chi connectivity index (χ4v) is 8.11. The Morgan fingerprint density at radius 3 is 2.57 bits per heavy atom. The molecule has 0 amide bonds. The van der Waals surface area contributed by atoms with Crippen molar-refractivity contribution in [2.45, 2.75) is 69.6 Å². The maximum atomic E-state index is 13.8. The first-order chi connectivity index (χ1) is 13.6. The summed E-state index contributed by atoms with van der Waals surface area (Å²) in [6.45, 7) is 1.86. The van der Waals surface area contributed by atoms with Crippen LogP contribution in [0.1, 0.15) is 69.8 Å². The average molecular weight is 384 g/mol. The van der Waals surface area contributed by atoms with Gasteiger partial charge in [-0.25, -0.2) is 0 Å². The Balaban J connectivity index is 1.49. The lowest BCUT2D eigenvalue weighted by Gasteiger charge is -2.66. The summed E-state index contributed by atoms with van der Waals surface area (Å²) in [5.74, 6) is 1.67. The summed E-state index contributed by atoms with van der Waals surface area (Å²) in [4.78, 5) is 13.8. The number of rotatable bonds is 6. The van der Waals surface area contributed by atoms with Crippen molar-refractivity contribution < 1.29 is 9.18 Å². The average Bonchev–Trinajstić information content (AvgIpc) is 2.68. The van der Waals surface area contributed by atoms with E-state index in [1.165, 1.54) is 12.0 Å². The normalized spacial score (nSPS) is 40.0. The van der Waals surface area contributed by atoms with Gasteiger partial charge in [0.15, 0.2) is 0 Å². The molecular formula is C25H34FNO. The first-order valence-electron chi connectivity index (χ1n) is 11.4. The van der Waals surface area contributed by atoms with Crippen LogP contribution in [-0.4, -0.2) is 25.5 Å². The van der Waals surface area contributed by atoms with Crippen molar-refractivity contribution in [3.05, 3.63) is 35.9 Å². The lowest BCUT2D eigenvalue weighted by atomic mass is 9.37. The van der Waals surface area contributed by atoms with Crippen LogP contribution in [0.15, 0.2) is 30.3 Å². The van der Waals surface area contributed by atoms with Gasteiger partial charge in [-0.2, -0.15) is 0 Å². The van der Waals surface area contributed by atoms with E-state index in [4.69, 9.17) is 0 Å². The van der Waals surface area contributed by atoms with Crippen LogP contribution >= 0.6 is 0 Å². The molecule has 1 saturated heterocycles. The number of carbonyl (C=O) groups excluding carboxylic acids is 1. The minimum atomic E-state index is -0.240. The number of hydrogen-bond donors (Lipinski definition) is 1. The third-order valence-electron chi connectivity index (χ3n) is 8.72. The number of benzene rings is 1. The van der Waals surface area contributed by atoms with E-state index in [1.807, 2.05) is 0 Å². The fraction of sp³-hybridized carbons (Fsp3) is 0.720. The Morgan fingerprint density at radius 1 is 1.04 bits per heavy atom. The maximum absolute atomic E-state index is 13.8. The summed E-state index contributed by atoms with van der Waals surface area (Å²) in [5, 5.41) is 3.42. The molecular weight excluding hydrogens is 349 g/mol. The van der Waals surface area contributed by atoms with Crippen molar-refractivity contribution in [3.8, 4) is 0 Å². The van der Waals surface area contributed by atoms with Crippen LogP contribution in [0.5, 0.6) is 0 Å². The zero-order chi connectivity index (χ0) is 19.2. The fourth-order valence-electron chi connectivity index (χ4n) is 8.11. The Labute approximate surface area is 168 Å². The Morgan fingerprint density at radius 2 is 1.82 bits per heavy atom. The quantitative estimate of drug-likeness (QED) is 0.730. The third kappa shape index (κ3) is 3.05. The van der Waals surface area contributed by atoms with Crippen molar-refractivity contribution in [2.24, 2.45) is 22.7 Å².